The monoisotopic (exact) mass is 251 g/mol. The van der Waals surface area contributed by atoms with E-state index in [1.165, 1.54) is 0 Å². The zero-order chi connectivity index (χ0) is 12.1. The second-order valence-corrected chi connectivity index (χ2v) is 5.01. The van der Waals surface area contributed by atoms with Crippen molar-refractivity contribution in [3.8, 4) is 0 Å². The van der Waals surface area contributed by atoms with Crippen LogP contribution in [0.1, 0.15) is 11.8 Å². The van der Waals surface area contributed by atoms with Crippen molar-refractivity contribution in [1.82, 2.24) is 0 Å². The van der Waals surface area contributed by atoms with Gasteiger partial charge in [0.1, 0.15) is 11.3 Å². The second-order valence-electron chi connectivity index (χ2n) is 3.86. The summed E-state index contributed by atoms with van der Waals surface area (Å²) in [7, 11) is 1.71. The van der Waals surface area contributed by atoms with Gasteiger partial charge in [-0.3, -0.25) is 0 Å². The van der Waals surface area contributed by atoms with Gasteiger partial charge in [0.25, 0.3) is 0 Å². The van der Waals surface area contributed by atoms with Crippen LogP contribution in [-0.4, -0.2) is 25.2 Å². The van der Waals surface area contributed by atoms with Crippen LogP contribution in [0.3, 0.4) is 0 Å². The van der Waals surface area contributed by atoms with Gasteiger partial charge in [-0.05, 0) is 12.1 Å². The molecule has 1 aromatic heterocycles. The summed E-state index contributed by atoms with van der Waals surface area (Å²) in [5, 5.41) is 1.11. The maximum absolute atomic E-state index is 6.09. The van der Waals surface area contributed by atoms with Crippen LogP contribution in [0.25, 0.3) is 11.0 Å². The average Bonchev–Trinajstić information content (AvgIpc) is 2.78. The van der Waals surface area contributed by atoms with Gasteiger partial charge >= 0.3 is 0 Å². The van der Waals surface area contributed by atoms with Crippen LogP contribution < -0.4 is 5.73 Å². The van der Waals surface area contributed by atoms with E-state index in [4.69, 9.17) is 14.9 Å². The van der Waals surface area contributed by atoms with Crippen molar-refractivity contribution in [2.45, 2.75) is 6.04 Å². The molecule has 0 aliphatic heterocycles. The number of nitrogens with two attached hydrogens (primary N) is 1. The summed E-state index contributed by atoms with van der Waals surface area (Å²) >= 11 is 1.78. The number of methoxy groups -OCH3 is 1. The van der Waals surface area contributed by atoms with Gasteiger partial charge in [-0.25, -0.2) is 0 Å². The maximum atomic E-state index is 6.09. The van der Waals surface area contributed by atoms with Gasteiger partial charge in [0.2, 0.25) is 0 Å². The maximum Gasteiger partial charge on any atom is 0.134 e. The van der Waals surface area contributed by atoms with Crippen LogP contribution in [-0.2, 0) is 4.74 Å². The summed E-state index contributed by atoms with van der Waals surface area (Å²) in [6.45, 7) is 0.761. The Morgan fingerprint density at radius 3 is 3.00 bits per heavy atom. The fraction of sp³-hybridized carbons (Fsp3) is 0.385. The van der Waals surface area contributed by atoms with E-state index < -0.39 is 0 Å². The van der Waals surface area contributed by atoms with Crippen molar-refractivity contribution < 1.29 is 9.15 Å². The zero-order valence-corrected chi connectivity index (χ0v) is 10.7. The van der Waals surface area contributed by atoms with Gasteiger partial charge in [0, 0.05) is 24.0 Å². The summed E-state index contributed by atoms with van der Waals surface area (Å²) in [6.07, 6.45) is 0. The molecule has 17 heavy (non-hydrogen) atoms. The second kappa shape index (κ2) is 6.10. The SMILES string of the molecule is COCCSCC(N)c1cc2ccccc2o1. The Hall–Kier alpha value is -0.970. The summed E-state index contributed by atoms with van der Waals surface area (Å²) in [4.78, 5) is 0. The molecule has 0 saturated carbocycles. The molecule has 92 valence electrons. The number of thioether (sulfide) groups is 1. The molecule has 0 saturated heterocycles. The molecule has 0 aliphatic carbocycles. The minimum absolute atomic E-state index is 0.0516. The van der Waals surface area contributed by atoms with E-state index in [1.54, 1.807) is 18.9 Å². The van der Waals surface area contributed by atoms with Gasteiger partial charge in [0.05, 0.1) is 12.6 Å². The third-order valence-corrected chi connectivity index (χ3v) is 3.59. The Morgan fingerprint density at radius 2 is 2.24 bits per heavy atom. The third-order valence-electron chi connectivity index (χ3n) is 2.54. The Bertz CT molecular complexity index is 436. The number of para-hydroxylation sites is 1. The van der Waals surface area contributed by atoms with E-state index in [2.05, 4.69) is 0 Å². The smallest absolute Gasteiger partial charge is 0.134 e. The molecule has 0 fully saturated rings. The first-order valence-electron chi connectivity index (χ1n) is 5.62. The van der Waals surface area contributed by atoms with E-state index in [0.29, 0.717) is 0 Å². The van der Waals surface area contributed by atoms with Crippen LogP contribution >= 0.6 is 11.8 Å². The minimum atomic E-state index is -0.0516. The van der Waals surface area contributed by atoms with Crippen molar-refractivity contribution in [2.75, 3.05) is 25.2 Å². The first kappa shape index (κ1) is 12.5. The molecule has 0 amide bonds. The summed E-state index contributed by atoms with van der Waals surface area (Å²) in [5.41, 5.74) is 6.99. The van der Waals surface area contributed by atoms with Gasteiger partial charge in [-0.15, -0.1) is 0 Å². The molecule has 1 atom stereocenters. The topological polar surface area (TPSA) is 48.4 Å². The Kier molecular flexibility index (Phi) is 4.48. The van der Waals surface area contributed by atoms with Crippen molar-refractivity contribution in [3.63, 3.8) is 0 Å². The van der Waals surface area contributed by atoms with Crippen LogP contribution in [0.15, 0.2) is 34.7 Å². The lowest BCUT2D eigenvalue weighted by molar-refractivity contribution is 0.218. The molecule has 3 nitrogen and oxygen atoms in total. The predicted octanol–water partition coefficient (Wildman–Crippen LogP) is 2.81. The predicted molar refractivity (Wildman–Crippen MR) is 72.3 cm³/mol. The first-order chi connectivity index (χ1) is 8.31. The minimum Gasteiger partial charge on any atom is -0.459 e. The van der Waals surface area contributed by atoms with Gasteiger partial charge in [-0.1, -0.05) is 18.2 Å². The largest absolute Gasteiger partial charge is 0.459 e. The van der Waals surface area contributed by atoms with Crippen LogP contribution in [0.5, 0.6) is 0 Å². The van der Waals surface area contributed by atoms with Crippen molar-refractivity contribution in [3.05, 3.63) is 36.1 Å². The third kappa shape index (κ3) is 3.25. The Labute approximate surface area is 105 Å². The zero-order valence-electron chi connectivity index (χ0n) is 9.89. The normalized spacial score (nSPS) is 13.1. The highest BCUT2D eigenvalue weighted by molar-refractivity contribution is 7.99. The summed E-state index contributed by atoms with van der Waals surface area (Å²) < 4.78 is 10.7. The molecule has 2 aromatic rings. The highest BCUT2D eigenvalue weighted by atomic mass is 32.2. The fourth-order valence-corrected chi connectivity index (χ4v) is 2.49. The Balaban J connectivity index is 1.96. The van der Waals surface area contributed by atoms with E-state index in [0.717, 1.165) is 34.8 Å². The number of benzene rings is 1. The van der Waals surface area contributed by atoms with Crippen molar-refractivity contribution in [1.29, 1.82) is 0 Å². The summed E-state index contributed by atoms with van der Waals surface area (Å²) in [5.74, 6) is 2.67. The molecule has 0 bridgehead atoms. The molecule has 0 radical (unpaired) electrons. The van der Waals surface area contributed by atoms with Gasteiger partial charge in [-0.2, -0.15) is 11.8 Å². The molecule has 0 spiro atoms. The van der Waals surface area contributed by atoms with Gasteiger partial charge < -0.3 is 14.9 Å². The lowest BCUT2D eigenvalue weighted by Crippen LogP contribution is -2.12. The van der Waals surface area contributed by atoms with Crippen LogP contribution in [0.4, 0.5) is 0 Å². The van der Waals surface area contributed by atoms with Gasteiger partial charge in [0.15, 0.2) is 0 Å². The van der Waals surface area contributed by atoms with Crippen molar-refractivity contribution in [2.24, 2.45) is 5.73 Å². The molecule has 2 rings (SSSR count). The number of hydrogen-bond donors (Lipinski definition) is 1. The van der Waals surface area contributed by atoms with Crippen LogP contribution in [0.2, 0.25) is 0 Å². The Morgan fingerprint density at radius 1 is 1.41 bits per heavy atom. The molecular weight excluding hydrogens is 234 g/mol. The number of furan rings is 1. The summed E-state index contributed by atoms with van der Waals surface area (Å²) in [6, 6.07) is 9.94. The number of rotatable bonds is 6. The number of ether oxygens (including phenoxy) is 1. The highest BCUT2D eigenvalue weighted by Crippen LogP contribution is 2.24. The van der Waals surface area contributed by atoms with E-state index in [-0.39, 0.29) is 6.04 Å². The first-order valence-corrected chi connectivity index (χ1v) is 6.77. The average molecular weight is 251 g/mol. The molecule has 1 unspecified atom stereocenters. The standard InChI is InChI=1S/C13H17NO2S/c1-15-6-7-17-9-11(14)13-8-10-4-2-3-5-12(10)16-13/h2-5,8,11H,6-7,9,14H2,1H3. The van der Waals surface area contributed by atoms with Crippen LogP contribution in [0, 0.1) is 0 Å². The highest BCUT2D eigenvalue weighted by Gasteiger charge is 2.11. The number of fused-ring (bicyclic) bond motifs is 1. The van der Waals surface area contributed by atoms with E-state index in [1.807, 2.05) is 30.3 Å². The molecule has 1 aromatic carbocycles. The van der Waals surface area contributed by atoms with E-state index in [9.17, 15) is 0 Å². The van der Waals surface area contributed by atoms with E-state index >= 15 is 0 Å². The quantitative estimate of drug-likeness (QED) is 0.802. The van der Waals surface area contributed by atoms with Crippen molar-refractivity contribution >= 4 is 22.7 Å². The lowest BCUT2D eigenvalue weighted by Gasteiger charge is -2.07. The molecule has 1 heterocycles. The fourth-order valence-electron chi connectivity index (χ4n) is 1.62. The molecule has 0 aliphatic rings. The molecule has 2 N–H and O–H groups in total. The molecular formula is C13H17NO2S. The lowest BCUT2D eigenvalue weighted by atomic mass is 10.2. The molecule has 4 heteroatoms. The number of hydrogen-bond acceptors (Lipinski definition) is 4.